The van der Waals surface area contributed by atoms with Crippen molar-refractivity contribution in [2.24, 2.45) is 5.73 Å². The predicted molar refractivity (Wildman–Crippen MR) is 119 cm³/mol. The zero-order valence-electron chi connectivity index (χ0n) is 16.2. The summed E-state index contributed by atoms with van der Waals surface area (Å²) >= 11 is 0. The van der Waals surface area contributed by atoms with E-state index in [2.05, 4.69) is 15.3 Å². The van der Waals surface area contributed by atoms with E-state index in [0.717, 1.165) is 22.2 Å². The Balaban J connectivity index is 1.46. The zero-order valence-corrected chi connectivity index (χ0v) is 17.1. The smallest absolute Gasteiger partial charge is 0.241 e. The van der Waals surface area contributed by atoms with Crippen LogP contribution in [0.1, 0.15) is 11.1 Å². The SMILES string of the molecule is N[C@@H](Cc1ccccc1)C(=O)Nc1ccccc1CS(=O)c1nc2ccccc2[nH]1. The maximum absolute atomic E-state index is 12.9. The van der Waals surface area contributed by atoms with Crippen molar-refractivity contribution in [2.45, 2.75) is 23.4 Å². The number of carbonyl (C=O) groups is 1. The minimum absolute atomic E-state index is 0.226. The van der Waals surface area contributed by atoms with Gasteiger partial charge in [0, 0.05) is 5.69 Å². The van der Waals surface area contributed by atoms with Gasteiger partial charge in [-0.1, -0.05) is 60.7 Å². The number of para-hydroxylation sites is 3. The molecule has 0 saturated carbocycles. The summed E-state index contributed by atoms with van der Waals surface area (Å²) in [5, 5.41) is 3.30. The molecule has 2 atom stereocenters. The third-order valence-corrected chi connectivity index (χ3v) is 5.98. The van der Waals surface area contributed by atoms with Crippen LogP contribution < -0.4 is 11.1 Å². The van der Waals surface area contributed by atoms with Crippen molar-refractivity contribution < 1.29 is 9.00 Å². The van der Waals surface area contributed by atoms with Gasteiger partial charge in [0.05, 0.1) is 33.6 Å². The fourth-order valence-corrected chi connectivity index (χ4v) is 4.30. The molecule has 30 heavy (non-hydrogen) atoms. The summed E-state index contributed by atoms with van der Waals surface area (Å²) in [5.41, 5.74) is 10.1. The lowest BCUT2D eigenvalue weighted by Gasteiger charge is -2.15. The van der Waals surface area contributed by atoms with Crippen molar-refractivity contribution in [1.82, 2.24) is 9.97 Å². The molecule has 0 fully saturated rings. The van der Waals surface area contributed by atoms with E-state index < -0.39 is 16.8 Å². The number of aromatic amines is 1. The van der Waals surface area contributed by atoms with Crippen molar-refractivity contribution in [3.63, 3.8) is 0 Å². The molecule has 7 heteroatoms. The molecule has 0 spiro atoms. The lowest BCUT2D eigenvalue weighted by atomic mass is 10.1. The van der Waals surface area contributed by atoms with E-state index in [0.29, 0.717) is 17.3 Å². The summed E-state index contributed by atoms with van der Waals surface area (Å²) in [5.74, 6) is -0.0506. The fraction of sp³-hybridized carbons (Fsp3) is 0.130. The number of nitrogens with zero attached hydrogens (tertiary/aromatic N) is 1. The van der Waals surface area contributed by atoms with Crippen LogP contribution in [0.15, 0.2) is 84.0 Å². The molecule has 6 nitrogen and oxygen atoms in total. The molecule has 3 aromatic carbocycles. The summed E-state index contributed by atoms with van der Waals surface area (Å²) in [6.45, 7) is 0. The van der Waals surface area contributed by atoms with E-state index in [4.69, 9.17) is 5.73 Å². The van der Waals surface area contributed by atoms with Crippen LogP contribution in [-0.2, 0) is 27.8 Å². The number of H-pyrrole nitrogens is 1. The van der Waals surface area contributed by atoms with Crippen LogP contribution in [0.25, 0.3) is 11.0 Å². The number of imidazole rings is 1. The average Bonchev–Trinajstić information content (AvgIpc) is 3.20. The van der Waals surface area contributed by atoms with Crippen molar-refractivity contribution in [3.8, 4) is 0 Å². The Morgan fingerprint density at radius 1 is 1.00 bits per heavy atom. The monoisotopic (exact) mass is 418 g/mol. The highest BCUT2D eigenvalue weighted by Crippen LogP contribution is 2.21. The Bertz CT molecular complexity index is 1160. The fourth-order valence-electron chi connectivity index (χ4n) is 3.20. The number of benzene rings is 3. The molecule has 0 radical (unpaired) electrons. The van der Waals surface area contributed by atoms with Gasteiger partial charge in [0.25, 0.3) is 0 Å². The average molecular weight is 419 g/mol. The summed E-state index contributed by atoms with van der Waals surface area (Å²) in [6, 6.07) is 23.8. The molecule has 1 unspecified atom stereocenters. The number of nitrogens with two attached hydrogens (primary N) is 1. The maximum Gasteiger partial charge on any atom is 0.241 e. The first-order valence-corrected chi connectivity index (χ1v) is 10.9. The van der Waals surface area contributed by atoms with Gasteiger partial charge in [-0.3, -0.25) is 9.00 Å². The number of amides is 1. The second-order valence-electron chi connectivity index (χ2n) is 6.99. The van der Waals surface area contributed by atoms with Gasteiger partial charge in [-0.25, -0.2) is 4.98 Å². The first-order valence-electron chi connectivity index (χ1n) is 9.61. The molecule has 0 aliphatic heterocycles. The lowest BCUT2D eigenvalue weighted by molar-refractivity contribution is -0.117. The molecular formula is C23H22N4O2S. The van der Waals surface area contributed by atoms with E-state index in [9.17, 15) is 9.00 Å². The minimum Gasteiger partial charge on any atom is -0.331 e. The Labute approximate surface area is 177 Å². The first kappa shape index (κ1) is 20.0. The molecule has 4 rings (SSSR count). The molecule has 0 aliphatic rings. The van der Waals surface area contributed by atoms with Crippen molar-refractivity contribution in [2.75, 3.05) is 5.32 Å². The second kappa shape index (κ2) is 9.02. The number of carbonyl (C=O) groups excluding carboxylic acids is 1. The van der Waals surface area contributed by atoms with Gasteiger partial charge in [0.15, 0.2) is 5.16 Å². The highest BCUT2D eigenvalue weighted by atomic mass is 32.2. The topological polar surface area (TPSA) is 101 Å². The van der Waals surface area contributed by atoms with Gasteiger partial charge in [0.1, 0.15) is 0 Å². The molecule has 1 aromatic heterocycles. The van der Waals surface area contributed by atoms with Gasteiger partial charge in [-0.15, -0.1) is 0 Å². The number of aromatic nitrogens is 2. The van der Waals surface area contributed by atoms with Gasteiger partial charge >= 0.3 is 0 Å². The molecule has 152 valence electrons. The van der Waals surface area contributed by atoms with Gasteiger partial charge in [-0.2, -0.15) is 0 Å². The van der Waals surface area contributed by atoms with Crippen LogP contribution in [0.4, 0.5) is 5.69 Å². The van der Waals surface area contributed by atoms with Gasteiger partial charge in [0.2, 0.25) is 5.91 Å². The van der Waals surface area contributed by atoms with Crippen LogP contribution in [0, 0.1) is 0 Å². The summed E-state index contributed by atoms with van der Waals surface area (Å²) in [4.78, 5) is 20.1. The predicted octanol–water partition coefficient (Wildman–Crippen LogP) is 3.38. The molecule has 4 aromatic rings. The zero-order chi connectivity index (χ0) is 20.9. The highest BCUT2D eigenvalue weighted by molar-refractivity contribution is 7.84. The van der Waals surface area contributed by atoms with Gasteiger partial charge < -0.3 is 16.0 Å². The third kappa shape index (κ3) is 4.64. The van der Waals surface area contributed by atoms with Crippen LogP contribution in [0.2, 0.25) is 0 Å². The first-order chi connectivity index (χ1) is 14.6. The molecule has 1 amide bonds. The molecular weight excluding hydrogens is 396 g/mol. The van der Waals surface area contributed by atoms with Crippen molar-refractivity contribution in [1.29, 1.82) is 0 Å². The number of anilines is 1. The number of hydrogen-bond acceptors (Lipinski definition) is 4. The Morgan fingerprint density at radius 2 is 1.70 bits per heavy atom. The van der Waals surface area contributed by atoms with E-state index in [1.165, 1.54) is 0 Å². The molecule has 4 N–H and O–H groups in total. The lowest BCUT2D eigenvalue weighted by Crippen LogP contribution is -2.37. The second-order valence-corrected chi connectivity index (χ2v) is 8.36. The largest absolute Gasteiger partial charge is 0.331 e. The van der Waals surface area contributed by atoms with E-state index in [-0.39, 0.29) is 11.7 Å². The molecule has 0 aliphatic carbocycles. The van der Waals surface area contributed by atoms with E-state index in [1.54, 1.807) is 6.07 Å². The highest BCUT2D eigenvalue weighted by Gasteiger charge is 2.17. The molecule has 1 heterocycles. The third-order valence-electron chi connectivity index (χ3n) is 4.78. The maximum atomic E-state index is 12.9. The number of fused-ring (bicyclic) bond motifs is 1. The number of nitrogens with one attached hydrogen (secondary N) is 2. The van der Waals surface area contributed by atoms with Crippen LogP contribution in [0.5, 0.6) is 0 Å². The molecule has 0 saturated heterocycles. The summed E-state index contributed by atoms with van der Waals surface area (Å²) in [6.07, 6.45) is 0.444. The van der Waals surface area contributed by atoms with Crippen molar-refractivity contribution >= 4 is 33.4 Å². The van der Waals surface area contributed by atoms with Crippen molar-refractivity contribution in [3.05, 3.63) is 90.0 Å². The standard InChI is InChI=1S/C23H22N4O2S/c24-18(14-16-8-2-1-3-9-16)22(28)25-19-11-5-4-10-17(19)15-30(29)23-26-20-12-6-7-13-21(20)27-23/h1-13,18H,14-15,24H2,(H,25,28)(H,26,27)/t18-,30?/m0/s1. The quantitative estimate of drug-likeness (QED) is 0.428. The van der Waals surface area contributed by atoms with E-state index >= 15 is 0 Å². The van der Waals surface area contributed by atoms with E-state index in [1.807, 2.05) is 72.8 Å². The van der Waals surface area contributed by atoms with Crippen LogP contribution in [0.3, 0.4) is 0 Å². The van der Waals surface area contributed by atoms with Gasteiger partial charge in [-0.05, 0) is 35.7 Å². The van der Waals surface area contributed by atoms with Crippen LogP contribution >= 0.6 is 0 Å². The Hall–Kier alpha value is -3.29. The number of rotatable bonds is 7. The molecule has 0 bridgehead atoms. The minimum atomic E-state index is -1.38. The Morgan fingerprint density at radius 3 is 2.50 bits per heavy atom. The normalized spacial score (nSPS) is 13.1. The summed E-state index contributed by atoms with van der Waals surface area (Å²) < 4.78 is 12.9. The number of hydrogen-bond donors (Lipinski definition) is 3. The summed E-state index contributed by atoms with van der Waals surface area (Å²) in [7, 11) is -1.38. The Kier molecular flexibility index (Phi) is 6.02. The van der Waals surface area contributed by atoms with Crippen LogP contribution in [-0.4, -0.2) is 26.1 Å².